The molecule has 0 spiro atoms. The number of hydrogen-bond donors (Lipinski definition) is 2. The molecule has 0 unspecified atom stereocenters. The molecule has 23 heavy (non-hydrogen) atoms. The van der Waals surface area contributed by atoms with Crippen molar-refractivity contribution in [2.24, 2.45) is 5.73 Å². The highest BCUT2D eigenvalue weighted by Crippen LogP contribution is 2.40. The number of anilines is 1. The Hall–Kier alpha value is -2.35. The van der Waals surface area contributed by atoms with Crippen molar-refractivity contribution in [1.29, 1.82) is 0 Å². The van der Waals surface area contributed by atoms with Crippen molar-refractivity contribution in [2.45, 2.75) is 36.2 Å². The van der Waals surface area contributed by atoms with Gasteiger partial charge in [0, 0.05) is 17.2 Å². The molecule has 8 heteroatoms. The van der Waals surface area contributed by atoms with Gasteiger partial charge >= 0.3 is 0 Å². The summed E-state index contributed by atoms with van der Waals surface area (Å²) in [6.45, 7) is 1.76. The lowest BCUT2D eigenvalue weighted by Gasteiger charge is -2.10. The van der Waals surface area contributed by atoms with E-state index in [4.69, 9.17) is 10.2 Å². The first kappa shape index (κ1) is 15.5. The third-order valence-electron chi connectivity index (χ3n) is 3.43. The number of nitrogens with two attached hydrogens (primary N) is 1. The molecule has 0 saturated heterocycles. The smallest absolute Gasteiger partial charge is 0.277 e. The fourth-order valence-electron chi connectivity index (χ4n) is 1.93. The van der Waals surface area contributed by atoms with Gasteiger partial charge in [0.2, 0.25) is 17.7 Å². The van der Waals surface area contributed by atoms with Gasteiger partial charge in [-0.05, 0) is 44.0 Å². The lowest BCUT2D eigenvalue weighted by atomic mass is 10.2. The lowest BCUT2D eigenvalue weighted by molar-refractivity contribution is -0.115. The van der Waals surface area contributed by atoms with Crippen LogP contribution in [0, 0.1) is 0 Å². The van der Waals surface area contributed by atoms with E-state index in [-0.39, 0.29) is 5.91 Å². The fourth-order valence-corrected chi connectivity index (χ4v) is 2.62. The Morgan fingerprint density at radius 3 is 2.61 bits per heavy atom. The molecule has 1 heterocycles. The maximum Gasteiger partial charge on any atom is 0.277 e. The van der Waals surface area contributed by atoms with E-state index in [1.54, 1.807) is 31.2 Å². The Balaban J connectivity index is 1.56. The number of carbonyl (C=O) groups is 2. The summed E-state index contributed by atoms with van der Waals surface area (Å²) in [6, 6.07) is 6.39. The number of nitrogens with one attached hydrogen (secondary N) is 1. The van der Waals surface area contributed by atoms with Crippen LogP contribution in [0.1, 0.15) is 41.9 Å². The van der Waals surface area contributed by atoms with Crippen molar-refractivity contribution in [3.8, 4) is 0 Å². The summed E-state index contributed by atoms with van der Waals surface area (Å²) in [5.41, 5.74) is 6.16. The zero-order chi connectivity index (χ0) is 16.4. The van der Waals surface area contributed by atoms with Crippen molar-refractivity contribution in [1.82, 2.24) is 10.2 Å². The number of rotatable bonds is 6. The standard InChI is InChI=1S/C15H16N4O3S/c1-8(23-15-19-18-14(22-15)10-2-3-10)13(21)17-11-6-4-9(5-7-11)12(16)20/h4-8,10H,2-3H2,1H3,(H2,16,20)(H,17,21)/t8-/m0/s1. The largest absolute Gasteiger partial charge is 0.416 e. The van der Waals surface area contributed by atoms with Gasteiger partial charge in [0.25, 0.3) is 5.22 Å². The fraction of sp³-hybridized carbons (Fsp3) is 0.333. The first-order chi connectivity index (χ1) is 11.0. The maximum absolute atomic E-state index is 12.2. The molecule has 3 rings (SSSR count). The third-order valence-corrected chi connectivity index (χ3v) is 4.37. The summed E-state index contributed by atoms with van der Waals surface area (Å²) in [5, 5.41) is 10.7. The summed E-state index contributed by atoms with van der Waals surface area (Å²) in [7, 11) is 0. The molecule has 0 radical (unpaired) electrons. The molecule has 2 aromatic rings. The van der Waals surface area contributed by atoms with E-state index in [2.05, 4.69) is 15.5 Å². The molecule has 120 valence electrons. The minimum absolute atomic E-state index is 0.187. The van der Waals surface area contributed by atoms with Crippen molar-refractivity contribution in [3.05, 3.63) is 35.7 Å². The van der Waals surface area contributed by atoms with Crippen LogP contribution in [0.15, 0.2) is 33.9 Å². The molecular weight excluding hydrogens is 316 g/mol. The van der Waals surface area contributed by atoms with E-state index in [1.165, 1.54) is 11.8 Å². The molecule has 2 amide bonds. The number of primary amides is 1. The summed E-state index contributed by atoms with van der Waals surface area (Å²) < 4.78 is 5.53. The second kappa shape index (κ2) is 6.41. The van der Waals surface area contributed by atoms with Gasteiger partial charge in [0.05, 0.1) is 5.25 Å². The third kappa shape index (κ3) is 3.89. The monoisotopic (exact) mass is 332 g/mol. The van der Waals surface area contributed by atoms with Crippen LogP contribution in [-0.4, -0.2) is 27.3 Å². The molecule has 0 bridgehead atoms. The van der Waals surface area contributed by atoms with Crippen molar-refractivity contribution in [2.75, 3.05) is 5.32 Å². The SMILES string of the molecule is C[C@H](Sc1nnc(C2CC2)o1)C(=O)Nc1ccc(C(N)=O)cc1. The predicted molar refractivity (Wildman–Crippen MR) is 85.2 cm³/mol. The number of hydrogen-bond acceptors (Lipinski definition) is 6. The van der Waals surface area contributed by atoms with Gasteiger partial charge in [-0.2, -0.15) is 0 Å². The van der Waals surface area contributed by atoms with Crippen molar-refractivity contribution in [3.63, 3.8) is 0 Å². The second-order valence-electron chi connectivity index (χ2n) is 5.37. The van der Waals surface area contributed by atoms with E-state index in [0.29, 0.717) is 28.3 Å². The Kier molecular flexibility index (Phi) is 4.33. The van der Waals surface area contributed by atoms with E-state index >= 15 is 0 Å². The second-order valence-corrected chi connectivity index (χ2v) is 6.66. The maximum atomic E-state index is 12.2. The van der Waals surface area contributed by atoms with Gasteiger partial charge in [-0.25, -0.2) is 0 Å². The molecule has 1 atom stereocenters. The van der Waals surface area contributed by atoms with Crippen LogP contribution in [0.25, 0.3) is 0 Å². The van der Waals surface area contributed by atoms with Crippen LogP contribution >= 0.6 is 11.8 Å². The molecule has 1 aliphatic carbocycles. The van der Waals surface area contributed by atoms with Crippen LogP contribution in [0.3, 0.4) is 0 Å². The quantitative estimate of drug-likeness (QED) is 0.784. The van der Waals surface area contributed by atoms with E-state index in [1.807, 2.05) is 0 Å². The highest BCUT2D eigenvalue weighted by atomic mass is 32.2. The Labute approximate surface area is 137 Å². The topological polar surface area (TPSA) is 111 Å². The summed E-state index contributed by atoms with van der Waals surface area (Å²) >= 11 is 1.22. The zero-order valence-corrected chi connectivity index (χ0v) is 13.3. The van der Waals surface area contributed by atoms with Gasteiger partial charge in [-0.15, -0.1) is 10.2 Å². The van der Waals surface area contributed by atoms with Gasteiger partial charge in [0.15, 0.2) is 0 Å². The molecule has 1 saturated carbocycles. The minimum Gasteiger partial charge on any atom is -0.416 e. The first-order valence-electron chi connectivity index (χ1n) is 7.23. The number of benzene rings is 1. The number of thioether (sulfide) groups is 1. The summed E-state index contributed by atoms with van der Waals surface area (Å²) in [4.78, 5) is 23.2. The van der Waals surface area contributed by atoms with E-state index in [0.717, 1.165) is 12.8 Å². The average molecular weight is 332 g/mol. The van der Waals surface area contributed by atoms with Crippen LogP contribution in [-0.2, 0) is 4.79 Å². The Morgan fingerprint density at radius 2 is 2.00 bits per heavy atom. The van der Waals surface area contributed by atoms with Crippen molar-refractivity contribution < 1.29 is 14.0 Å². The molecule has 7 nitrogen and oxygen atoms in total. The summed E-state index contributed by atoms with van der Waals surface area (Å²) in [6.07, 6.45) is 2.17. The molecule has 1 aromatic heterocycles. The van der Waals surface area contributed by atoms with Gasteiger partial charge in [-0.3, -0.25) is 9.59 Å². The summed E-state index contributed by atoms with van der Waals surface area (Å²) in [5.74, 6) is 0.356. The lowest BCUT2D eigenvalue weighted by Crippen LogP contribution is -2.22. The van der Waals surface area contributed by atoms with Gasteiger partial charge in [0.1, 0.15) is 0 Å². The van der Waals surface area contributed by atoms with E-state index < -0.39 is 11.2 Å². The highest BCUT2D eigenvalue weighted by Gasteiger charge is 2.30. The van der Waals surface area contributed by atoms with Crippen LogP contribution in [0.5, 0.6) is 0 Å². The van der Waals surface area contributed by atoms with Crippen molar-refractivity contribution >= 4 is 29.3 Å². The number of nitrogens with zero attached hydrogens (tertiary/aromatic N) is 2. The number of aromatic nitrogens is 2. The number of carbonyl (C=O) groups excluding carboxylic acids is 2. The van der Waals surface area contributed by atoms with Crippen LogP contribution < -0.4 is 11.1 Å². The highest BCUT2D eigenvalue weighted by molar-refractivity contribution is 8.00. The van der Waals surface area contributed by atoms with Gasteiger partial charge in [-0.1, -0.05) is 11.8 Å². The molecule has 1 fully saturated rings. The molecule has 1 aliphatic rings. The molecule has 1 aromatic carbocycles. The minimum atomic E-state index is -0.505. The number of amides is 2. The Morgan fingerprint density at radius 1 is 1.30 bits per heavy atom. The Bertz CT molecular complexity index is 725. The molecule has 3 N–H and O–H groups in total. The average Bonchev–Trinajstić information content (AvgIpc) is 3.28. The van der Waals surface area contributed by atoms with Crippen LogP contribution in [0.2, 0.25) is 0 Å². The normalized spacial score (nSPS) is 15.2. The predicted octanol–water partition coefficient (Wildman–Crippen LogP) is 2.17. The van der Waals surface area contributed by atoms with E-state index in [9.17, 15) is 9.59 Å². The zero-order valence-electron chi connectivity index (χ0n) is 12.5. The molecule has 0 aliphatic heterocycles. The first-order valence-corrected chi connectivity index (χ1v) is 8.11. The van der Waals surface area contributed by atoms with Gasteiger partial charge < -0.3 is 15.5 Å². The molecular formula is C15H16N4O3S. The van der Waals surface area contributed by atoms with Crippen LogP contribution in [0.4, 0.5) is 5.69 Å².